The van der Waals surface area contributed by atoms with E-state index in [1.165, 1.54) is 12.1 Å². The summed E-state index contributed by atoms with van der Waals surface area (Å²) in [4.78, 5) is 0. The van der Waals surface area contributed by atoms with E-state index in [0.29, 0.717) is 16.0 Å². The van der Waals surface area contributed by atoms with Crippen molar-refractivity contribution in [3.05, 3.63) is 33.8 Å². The maximum Gasteiger partial charge on any atom is 0.416 e. The van der Waals surface area contributed by atoms with Crippen LogP contribution in [0.5, 0.6) is 0 Å². The molecule has 112 valence electrons. The molecule has 0 aliphatic heterocycles. The third kappa shape index (κ3) is 3.55. The smallest absolute Gasteiger partial charge is 0.324 e. The van der Waals surface area contributed by atoms with Crippen LogP contribution in [0.2, 0.25) is 0 Å². The van der Waals surface area contributed by atoms with Crippen molar-refractivity contribution in [1.29, 1.82) is 0 Å². The van der Waals surface area contributed by atoms with E-state index in [1.54, 1.807) is 0 Å². The molecular weight excluding hydrogens is 331 g/mol. The highest BCUT2D eigenvalue weighted by Gasteiger charge is 2.32. The summed E-state index contributed by atoms with van der Waals surface area (Å²) in [5, 5.41) is 0. The van der Waals surface area contributed by atoms with Crippen LogP contribution in [0.1, 0.15) is 49.8 Å². The van der Waals surface area contributed by atoms with Gasteiger partial charge in [-0.3, -0.25) is 0 Å². The molecule has 0 heterocycles. The molecule has 1 atom stereocenters. The average molecular weight is 350 g/mol. The Morgan fingerprint density at radius 2 is 1.80 bits per heavy atom. The van der Waals surface area contributed by atoms with Crippen LogP contribution in [0.4, 0.5) is 13.2 Å². The van der Waals surface area contributed by atoms with E-state index in [-0.39, 0.29) is 12.0 Å². The van der Waals surface area contributed by atoms with Gasteiger partial charge in [0.15, 0.2) is 0 Å². The SMILES string of the molecule is CC1CCC(C(N)c2cc(C(F)(F)F)ccc2Br)CC1. The van der Waals surface area contributed by atoms with Crippen LogP contribution in [-0.4, -0.2) is 0 Å². The molecule has 1 aromatic carbocycles. The first-order valence-electron chi connectivity index (χ1n) is 6.91. The average Bonchev–Trinajstić information content (AvgIpc) is 2.38. The Hall–Kier alpha value is -0.550. The van der Waals surface area contributed by atoms with Crippen LogP contribution < -0.4 is 5.73 Å². The van der Waals surface area contributed by atoms with Crippen LogP contribution in [0.25, 0.3) is 0 Å². The highest BCUT2D eigenvalue weighted by Crippen LogP contribution is 2.39. The van der Waals surface area contributed by atoms with Gasteiger partial charge in [-0.05, 0) is 48.4 Å². The first-order valence-corrected chi connectivity index (χ1v) is 7.70. The highest BCUT2D eigenvalue weighted by molar-refractivity contribution is 9.10. The number of hydrogen-bond acceptors (Lipinski definition) is 1. The second-order valence-corrected chi connectivity index (χ2v) is 6.63. The number of benzene rings is 1. The van der Waals surface area contributed by atoms with Crippen molar-refractivity contribution in [1.82, 2.24) is 0 Å². The minimum Gasteiger partial charge on any atom is -0.324 e. The maximum atomic E-state index is 12.8. The monoisotopic (exact) mass is 349 g/mol. The molecule has 0 amide bonds. The van der Waals surface area contributed by atoms with Crippen LogP contribution in [-0.2, 0) is 6.18 Å². The van der Waals surface area contributed by atoms with E-state index in [9.17, 15) is 13.2 Å². The first kappa shape index (κ1) is 15.8. The minimum absolute atomic E-state index is 0.269. The van der Waals surface area contributed by atoms with Gasteiger partial charge in [-0.25, -0.2) is 0 Å². The summed E-state index contributed by atoms with van der Waals surface area (Å²) in [6.45, 7) is 2.21. The number of halogens is 4. The maximum absolute atomic E-state index is 12.8. The van der Waals surface area contributed by atoms with E-state index >= 15 is 0 Å². The van der Waals surface area contributed by atoms with Crippen molar-refractivity contribution in [3.8, 4) is 0 Å². The number of nitrogens with two attached hydrogens (primary N) is 1. The fourth-order valence-corrected chi connectivity index (χ4v) is 3.39. The molecule has 0 spiro atoms. The fraction of sp³-hybridized carbons (Fsp3) is 0.600. The van der Waals surface area contributed by atoms with Gasteiger partial charge in [0.2, 0.25) is 0 Å². The Kier molecular flexibility index (Phi) is 4.80. The van der Waals surface area contributed by atoms with Gasteiger partial charge in [0.25, 0.3) is 0 Å². The van der Waals surface area contributed by atoms with Gasteiger partial charge in [-0.2, -0.15) is 13.2 Å². The summed E-state index contributed by atoms with van der Waals surface area (Å²) in [7, 11) is 0. The highest BCUT2D eigenvalue weighted by atomic mass is 79.9. The molecule has 0 saturated heterocycles. The molecule has 2 N–H and O–H groups in total. The summed E-state index contributed by atoms with van der Waals surface area (Å²) in [5.74, 6) is 0.967. The lowest BCUT2D eigenvalue weighted by Crippen LogP contribution is -2.26. The topological polar surface area (TPSA) is 26.0 Å². The molecule has 0 bridgehead atoms. The summed E-state index contributed by atoms with van der Waals surface area (Å²) in [6, 6.07) is 3.39. The van der Waals surface area contributed by atoms with Crippen molar-refractivity contribution >= 4 is 15.9 Å². The van der Waals surface area contributed by atoms with Gasteiger partial charge in [-0.15, -0.1) is 0 Å². The predicted octanol–water partition coefficient (Wildman–Crippen LogP) is 5.29. The Bertz CT molecular complexity index is 465. The molecular formula is C15H19BrF3N. The van der Waals surface area contributed by atoms with E-state index in [2.05, 4.69) is 22.9 Å². The predicted molar refractivity (Wildman–Crippen MR) is 77.2 cm³/mol. The number of hydrogen-bond donors (Lipinski definition) is 1. The lowest BCUT2D eigenvalue weighted by molar-refractivity contribution is -0.137. The van der Waals surface area contributed by atoms with Crippen LogP contribution >= 0.6 is 15.9 Å². The number of rotatable bonds is 2. The normalized spacial score (nSPS) is 25.5. The quantitative estimate of drug-likeness (QED) is 0.770. The van der Waals surface area contributed by atoms with Gasteiger partial charge in [0.1, 0.15) is 0 Å². The van der Waals surface area contributed by atoms with Crippen molar-refractivity contribution in [2.75, 3.05) is 0 Å². The van der Waals surface area contributed by atoms with Gasteiger partial charge in [0.05, 0.1) is 5.56 Å². The zero-order chi connectivity index (χ0) is 14.9. The third-order valence-corrected chi connectivity index (χ3v) is 4.97. The first-order chi connectivity index (χ1) is 9.29. The molecule has 1 aliphatic rings. The molecule has 1 saturated carbocycles. The Morgan fingerprint density at radius 3 is 2.35 bits per heavy atom. The second kappa shape index (κ2) is 6.06. The molecule has 1 fully saturated rings. The summed E-state index contributed by atoms with van der Waals surface area (Å²) >= 11 is 3.33. The summed E-state index contributed by atoms with van der Waals surface area (Å²) < 4.78 is 39.1. The van der Waals surface area contributed by atoms with Crippen LogP contribution in [0.15, 0.2) is 22.7 Å². The van der Waals surface area contributed by atoms with Crippen LogP contribution in [0, 0.1) is 11.8 Å². The van der Waals surface area contributed by atoms with Crippen molar-refractivity contribution in [3.63, 3.8) is 0 Å². The van der Waals surface area contributed by atoms with Gasteiger partial charge < -0.3 is 5.73 Å². The van der Waals surface area contributed by atoms with Gasteiger partial charge >= 0.3 is 6.18 Å². The Morgan fingerprint density at radius 1 is 1.20 bits per heavy atom. The van der Waals surface area contributed by atoms with E-state index < -0.39 is 11.7 Å². The molecule has 1 aromatic rings. The zero-order valence-corrected chi connectivity index (χ0v) is 13.0. The molecule has 2 rings (SSSR count). The molecule has 20 heavy (non-hydrogen) atoms. The number of alkyl halides is 3. The molecule has 1 unspecified atom stereocenters. The lowest BCUT2D eigenvalue weighted by atomic mass is 9.77. The van der Waals surface area contributed by atoms with Crippen molar-refractivity contribution < 1.29 is 13.2 Å². The molecule has 1 aliphatic carbocycles. The third-order valence-electron chi connectivity index (χ3n) is 4.25. The largest absolute Gasteiger partial charge is 0.416 e. The van der Waals surface area contributed by atoms with Gasteiger partial charge in [0, 0.05) is 10.5 Å². The second-order valence-electron chi connectivity index (χ2n) is 5.78. The molecule has 1 nitrogen and oxygen atoms in total. The van der Waals surface area contributed by atoms with Crippen molar-refractivity contribution in [2.24, 2.45) is 17.6 Å². The zero-order valence-electron chi connectivity index (χ0n) is 11.4. The lowest BCUT2D eigenvalue weighted by Gasteiger charge is -2.31. The van der Waals surface area contributed by atoms with E-state index in [1.807, 2.05) is 0 Å². The van der Waals surface area contributed by atoms with Crippen LogP contribution in [0.3, 0.4) is 0 Å². The van der Waals surface area contributed by atoms with Gasteiger partial charge in [-0.1, -0.05) is 35.7 Å². The molecule has 0 radical (unpaired) electrons. The summed E-state index contributed by atoms with van der Waals surface area (Å²) in [6.07, 6.45) is -0.129. The van der Waals surface area contributed by atoms with Crippen molar-refractivity contribution in [2.45, 2.75) is 44.8 Å². The van der Waals surface area contributed by atoms with E-state index in [0.717, 1.165) is 31.7 Å². The fourth-order valence-electron chi connectivity index (χ4n) is 2.87. The molecule has 0 aromatic heterocycles. The molecule has 5 heteroatoms. The Labute approximate surface area is 125 Å². The minimum atomic E-state index is -4.32. The Balaban J connectivity index is 2.22. The summed E-state index contributed by atoms with van der Waals surface area (Å²) in [5.41, 5.74) is 6.17. The standard InChI is InChI=1S/C15H19BrF3N/c1-9-2-4-10(5-3-9)14(20)12-8-11(15(17,18)19)6-7-13(12)16/h6-10,14H,2-5,20H2,1H3. The van der Waals surface area contributed by atoms with E-state index in [4.69, 9.17) is 5.73 Å².